The van der Waals surface area contributed by atoms with Crippen molar-refractivity contribution in [1.29, 1.82) is 0 Å². The van der Waals surface area contributed by atoms with Crippen molar-refractivity contribution in [2.45, 2.75) is 212 Å². The maximum Gasteiger partial charge on any atom is 0.306 e. The van der Waals surface area contributed by atoms with Crippen LogP contribution < -0.4 is 0 Å². The van der Waals surface area contributed by atoms with E-state index in [1.807, 2.05) is 27.7 Å². The van der Waals surface area contributed by atoms with E-state index in [0.29, 0.717) is 25.7 Å². The summed E-state index contributed by atoms with van der Waals surface area (Å²) in [7, 11) is 0. The van der Waals surface area contributed by atoms with Crippen molar-refractivity contribution in [3.8, 4) is 48.1 Å². The molecule has 0 amide bonds. The molecule has 0 N–H and O–H groups in total. The number of piperidine rings is 2. The molecule has 296 valence electrons. The third-order valence-electron chi connectivity index (χ3n) is 9.96. The maximum absolute atomic E-state index is 12.8. The molecular weight excluding hydrogens is 668 g/mol. The number of terminal acetylenes is 1. The minimum absolute atomic E-state index is 0.106. The molecule has 9 heteroatoms. The average Bonchev–Trinajstić information content (AvgIpc) is 3.04. The fourth-order valence-corrected chi connectivity index (χ4v) is 8.07. The van der Waals surface area contributed by atoms with Crippen LogP contribution in [-0.2, 0) is 33.8 Å². The van der Waals surface area contributed by atoms with Crippen LogP contribution in [0.1, 0.15) is 178 Å². The van der Waals surface area contributed by atoms with Gasteiger partial charge in [-0.25, -0.2) is 0 Å². The first kappa shape index (κ1) is 46.0. The largest absolute Gasteiger partial charge is 0.462 e. The lowest BCUT2D eigenvalue weighted by Crippen LogP contribution is -2.62. The first-order valence-corrected chi connectivity index (χ1v) is 20.0. The van der Waals surface area contributed by atoms with E-state index in [2.05, 4.69) is 81.3 Å². The van der Waals surface area contributed by atoms with Crippen LogP contribution in [0.25, 0.3) is 0 Å². The molecule has 0 aromatic carbocycles. The SMILES string of the molecule is C#CC#CC#CC#COON1C(C)(C)CC(OC(=O)CCCCCCCCC(=O)OC2CC(C)(C)N(OCCCCCCCC)C(C)(C)C2)CC1(C)C. The van der Waals surface area contributed by atoms with Crippen molar-refractivity contribution in [3.63, 3.8) is 0 Å². The van der Waals surface area contributed by atoms with Crippen molar-refractivity contribution in [1.82, 2.24) is 10.1 Å². The van der Waals surface area contributed by atoms with Gasteiger partial charge in [-0.15, -0.1) is 11.5 Å². The summed E-state index contributed by atoms with van der Waals surface area (Å²) in [6, 6.07) is 0. The van der Waals surface area contributed by atoms with Gasteiger partial charge < -0.3 is 9.47 Å². The predicted octanol–water partition coefficient (Wildman–Crippen LogP) is 8.99. The summed E-state index contributed by atoms with van der Waals surface area (Å²) in [6.45, 7) is 19.8. The summed E-state index contributed by atoms with van der Waals surface area (Å²) < 4.78 is 11.9. The molecule has 0 atom stereocenters. The Labute approximate surface area is 322 Å². The van der Waals surface area contributed by atoms with Gasteiger partial charge in [0.05, 0.1) is 6.61 Å². The lowest BCUT2D eigenvalue weighted by Gasteiger charge is -2.53. The Hall–Kier alpha value is -3.18. The average molecular weight is 737 g/mol. The number of hydrogen-bond donors (Lipinski definition) is 0. The van der Waals surface area contributed by atoms with Crippen LogP contribution in [0.4, 0.5) is 0 Å². The minimum atomic E-state index is -0.475. The van der Waals surface area contributed by atoms with Gasteiger partial charge in [-0.3, -0.25) is 19.3 Å². The molecular formula is C44H68N2O7. The van der Waals surface area contributed by atoms with Crippen LogP contribution in [0, 0.1) is 48.1 Å². The van der Waals surface area contributed by atoms with Crippen LogP contribution in [0.3, 0.4) is 0 Å². The number of unbranched alkanes of at least 4 members (excludes halogenated alkanes) is 10. The highest BCUT2D eigenvalue weighted by Gasteiger charge is 2.49. The lowest BCUT2D eigenvalue weighted by molar-refractivity contribution is -0.449. The molecule has 0 radical (unpaired) electrons. The van der Waals surface area contributed by atoms with Crippen LogP contribution in [0.15, 0.2) is 0 Å². The van der Waals surface area contributed by atoms with Gasteiger partial charge in [-0.2, -0.15) is 5.06 Å². The molecule has 2 aliphatic rings. The molecule has 0 bridgehead atoms. The number of carbonyl (C=O) groups excluding carboxylic acids is 2. The van der Waals surface area contributed by atoms with Crippen molar-refractivity contribution in [3.05, 3.63) is 0 Å². The number of hydroxylamine groups is 4. The number of hydrogen-bond acceptors (Lipinski definition) is 9. The van der Waals surface area contributed by atoms with E-state index in [1.165, 1.54) is 32.1 Å². The molecule has 0 spiro atoms. The number of carbonyl (C=O) groups is 2. The molecule has 0 saturated carbocycles. The van der Waals surface area contributed by atoms with Crippen molar-refractivity contribution in [2.75, 3.05) is 6.61 Å². The summed E-state index contributed by atoms with van der Waals surface area (Å²) in [5, 5.41) is 3.91. The maximum atomic E-state index is 12.8. The van der Waals surface area contributed by atoms with Gasteiger partial charge in [-0.1, -0.05) is 69.7 Å². The molecule has 2 aliphatic heterocycles. The molecule has 2 rings (SSSR count). The zero-order chi connectivity index (χ0) is 39.4. The van der Waals surface area contributed by atoms with Gasteiger partial charge in [0, 0.05) is 78.4 Å². The molecule has 2 fully saturated rings. The van der Waals surface area contributed by atoms with Gasteiger partial charge in [0.1, 0.15) is 12.2 Å². The molecule has 2 heterocycles. The van der Waals surface area contributed by atoms with Gasteiger partial charge in [-0.05, 0) is 92.4 Å². The Morgan fingerprint density at radius 2 is 1.00 bits per heavy atom. The smallest absolute Gasteiger partial charge is 0.306 e. The number of rotatable bonds is 21. The molecule has 2 saturated heterocycles. The van der Waals surface area contributed by atoms with Crippen LogP contribution in [0.2, 0.25) is 0 Å². The number of ether oxygens (including phenoxy) is 2. The highest BCUT2D eigenvalue weighted by Crippen LogP contribution is 2.41. The number of nitrogens with zero attached hydrogens (tertiary/aromatic N) is 2. The van der Waals surface area contributed by atoms with E-state index in [1.54, 1.807) is 5.06 Å². The third kappa shape index (κ3) is 17.2. The summed E-state index contributed by atoms with van der Waals surface area (Å²) in [5.74, 6) is 14.2. The van der Waals surface area contributed by atoms with E-state index < -0.39 is 11.1 Å². The summed E-state index contributed by atoms with van der Waals surface area (Å²) in [4.78, 5) is 42.5. The monoisotopic (exact) mass is 737 g/mol. The Bertz CT molecular complexity index is 1340. The fraction of sp³-hybridized carbons (Fsp3) is 0.773. The van der Waals surface area contributed by atoms with Crippen LogP contribution in [0.5, 0.6) is 0 Å². The Balaban J connectivity index is 1.61. The normalized spacial score (nSPS) is 19.2. The third-order valence-corrected chi connectivity index (χ3v) is 9.96. The standard InChI is InChI=1S/C44H68N2O7/c1-11-13-15-17-23-27-31-49-45-41(3,4)33-37(34-42(45,5)6)51-39(47)29-25-21-19-20-22-26-30-40(48)52-38-35-43(7,8)46(44(9,10)36-38)53-50-32-28-24-18-16-14-12-2/h2,37-38H,11,13,15,17,19-23,25-27,29-31,33-36H2,1,3-10H3. The summed E-state index contributed by atoms with van der Waals surface area (Å²) >= 11 is 0. The molecule has 9 nitrogen and oxygen atoms in total. The summed E-state index contributed by atoms with van der Waals surface area (Å²) in [5.41, 5.74) is -1.39. The van der Waals surface area contributed by atoms with Gasteiger partial charge in [0.2, 0.25) is 0 Å². The van der Waals surface area contributed by atoms with Gasteiger partial charge >= 0.3 is 11.9 Å². The van der Waals surface area contributed by atoms with E-state index in [4.69, 9.17) is 30.6 Å². The van der Waals surface area contributed by atoms with E-state index in [-0.39, 0.29) is 35.2 Å². The predicted molar refractivity (Wildman–Crippen MR) is 209 cm³/mol. The van der Waals surface area contributed by atoms with E-state index in [0.717, 1.165) is 64.4 Å². The van der Waals surface area contributed by atoms with Crippen molar-refractivity contribution >= 4 is 11.9 Å². The molecule has 0 aromatic heterocycles. The fourth-order valence-electron chi connectivity index (χ4n) is 8.07. The highest BCUT2D eigenvalue weighted by atomic mass is 17.3. The van der Waals surface area contributed by atoms with E-state index in [9.17, 15) is 9.59 Å². The van der Waals surface area contributed by atoms with Crippen LogP contribution >= 0.6 is 0 Å². The lowest BCUT2D eigenvalue weighted by atomic mass is 9.80. The quantitative estimate of drug-likeness (QED) is 0.0377. The molecule has 0 aliphatic carbocycles. The second kappa shape index (κ2) is 22.9. The Morgan fingerprint density at radius 1 is 0.585 bits per heavy atom. The zero-order valence-corrected chi connectivity index (χ0v) is 34.4. The molecule has 53 heavy (non-hydrogen) atoms. The van der Waals surface area contributed by atoms with Gasteiger partial charge in [0.15, 0.2) is 6.11 Å². The van der Waals surface area contributed by atoms with Gasteiger partial charge in [0.25, 0.3) is 0 Å². The number of esters is 2. The molecule has 0 unspecified atom stereocenters. The second-order valence-electron chi connectivity index (χ2n) is 17.1. The summed E-state index contributed by atoms with van der Waals surface area (Å²) in [6.07, 6.45) is 23.6. The molecule has 0 aromatic rings. The second-order valence-corrected chi connectivity index (χ2v) is 17.1. The topological polar surface area (TPSA) is 86.8 Å². The van der Waals surface area contributed by atoms with Crippen molar-refractivity contribution in [2.24, 2.45) is 0 Å². The van der Waals surface area contributed by atoms with Crippen molar-refractivity contribution < 1.29 is 33.8 Å². The highest BCUT2D eigenvalue weighted by molar-refractivity contribution is 5.70. The zero-order valence-electron chi connectivity index (χ0n) is 34.4. The van der Waals surface area contributed by atoms with E-state index >= 15 is 0 Å². The Kier molecular flexibility index (Phi) is 19.9. The minimum Gasteiger partial charge on any atom is -0.462 e. The Morgan fingerprint density at radius 3 is 1.49 bits per heavy atom. The van der Waals surface area contributed by atoms with Crippen LogP contribution in [-0.4, -0.2) is 63.0 Å². The first-order chi connectivity index (χ1) is 25.0. The first-order valence-electron chi connectivity index (χ1n) is 20.0.